The van der Waals surface area contributed by atoms with Gasteiger partial charge >= 0.3 is 0 Å². The molecule has 0 fully saturated rings. The molecule has 1 unspecified atom stereocenters. The molecule has 0 saturated heterocycles. The summed E-state index contributed by atoms with van der Waals surface area (Å²) in [5.41, 5.74) is 3.64. The minimum absolute atomic E-state index is 0.0519. The molecule has 1 amide bonds. The van der Waals surface area contributed by atoms with Crippen LogP contribution in [0, 0.1) is 17.7 Å². The fraction of sp³-hybridized carbons (Fsp3) is 0.500. The fourth-order valence-electron chi connectivity index (χ4n) is 3.24. The number of sulfone groups is 1. The van der Waals surface area contributed by atoms with Gasteiger partial charge in [0.25, 0.3) is 5.91 Å². The quantitative estimate of drug-likeness (QED) is 0.371. The van der Waals surface area contributed by atoms with Gasteiger partial charge in [0.05, 0.1) is 12.1 Å². The molecule has 0 spiro atoms. The van der Waals surface area contributed by atoms with Crippen molar-refractivity contribution in [2.75, 3.05) is 46.5 Å². The Bertz CT molecular complexity index is 1010. The molecule has 1 atom stereocenters. The maximum absolute atomic E-state index is 14.4. The Labute approximate surface area is 183 Å². The van der Waals surface area contributed by atoms with Crippen LogP contribution in [0.25, 0.3) is 5.57 Å². The predicted molar refractivity (Wildman–Crippen MR) is 119 cm³/mol. The van der Waals surface area contributed by atoms with E-state index >= 15 is 0 Å². The largest absolute Gasteiger partial charge is 0.299 e. The van der Waals surface area contributed by atoms with Gasteiger partial charge in [0.15, 0.2) is 14.6 Å². The summed E-state index contributed by atoms with van der Waals surface area (Å²) in [5, 5.41) is 8.92. The van der Waals surface area contributed by atoms with E-state index in [0.717, 1.165) is 17.4 Å². The van der Waals surface area contributed by atoms with Gasteiger partial charge in [-0.2, -0.15) is 0 Å². The van der Waals surface area contributed by atoms with Gasteiger partial charge < -0.3 is 0 Å². The molecular formula is C22H30FN3O4S. The third-order valence-corrected chi connectivity index (χ3v) is 7.58. The normalized spacial score (nSPS) is 16.8. The lowest BCUT2D eigenvalue weighted by molar-refractivity contribution is -0.131. The number of carbonyl (C=O) groups is 1. The van der Waals surface area contributed by atoms with Crippen molar-refractivity contribution in [1.29, 1.82) is 0 Å². The summed E-state index contributed by atoms with van der Waals surface area (Å²) < 4.78 is 36.8. The monoisotopic (exact) mass is 451 g/mol. The third-order valence-electron chi connectivity index (χ3n) is 5.56. The lowest BCUT2D eigenvalue weighted by Gasteiger charge is -2.31. The number of nitrogens with one attached hydrogen (secondary N) is 1. The number of rotatable bonds is 7. The molecule has 7 nitrogen and oxygen atoms in total. The smallest absolute Gasteiger partial charge is 0.264 e. The van der Waals surface area contributed by atoms with Crippen LogP contribution in [0.1, 0.15) is 30.9 Å². The fourth-order valence-corrected chi connectivity index (χ4v) is 4.09. The van der Waals surface area contributed by atoms with Crippen molar-refractivity contribution in [3.8, 4) is 11.8 Å². The molecule has 9 heteroatoms. The average Bonchev–Trinajstić information content (AvgIpc) is 2.71. The second kappa shape index (κ2) is 10.4. The van der Waals surface area contributed by atoms with Gasteiger partial charge in [-0.3, -0.25) is 19.8 Å². The van der Waals surface area contributed by atoms with Crippen molar-refractivity contribution in [2.45, 2.75) is 24.5 Å². The van der Waals surface area contributed by atoms with Crippen molar-refractivity contribution in [3.63, 3.8) is 0 Å². The predicted octanol–water partition coefficient (Wildman–Crippen LogP) is 1.53. The number of amides is 1. The van der Waals surface area contributed by atoms with Crippen LogP contribution in [0.15, 0.2) is 24.3 Å². The van der Waals surface area contributed by atoms with E-state index in [4.69, 9.17) is 5.21 Å². The Morgan fingerprint density at radius 2 is 2.10 bits per heavy atom. The van der Waals surface area contributed by atoms with Gasteiger partial charge in [0.1, 0.15) is 5.82 Å². The number of hydroxylamine groups is 1. The Morgan fingerprint density at radius 1 is 1.39 bits per heavy atom. The summed E-state index contributed by atoms with van der Waals surface area (Å²) in [6.45, 7) is 3.45. The van der Waals surface area contributed by atoms with Gasteiger partial charge in [0, 0.05) is 25.9 Å². The number of halogens is 1. The van der Waals surface area contributed by atoms with E-state index in [2.05, 4.69) is 11.8 Å². The van der Waals surface area contributed by atoms with Crippen LogP contribution in [-0.4, -0.2) is 80.6 Å². The van der Waals surface area contributed by atoms with E-state index in [1.54, 1.807) is 6.07 Å². The molecule has 1 heterocycles. The van der Waals surface area contributed by atoms with Gasteiger partial charge in [-0.25, -0.2) is 18.3 Å². The molecule has 2 N–H and O–H groups in total. The first kappa shape index (κ1) is 25.0. The van der Waals surface area contributed by atoms with Crippen molar-refractivity contribution in [1.82, 2.24) is 15.3 Å². The highest BCUT2D eigenvalue weighted by molar-refractivity contribution is 7.92. The molecule has 1 aliphatic heterocycles. The molecular weight excluding hydrogens is 421 g/mol. The minimum Gasteiger partial charge on any atom is -0.299 e. The molecule has 0 saturated carbocycles. The summed E-state index contributed by atoms with van der Waals surface area (Å²) in [6.07, 6.45) is 3.70. The van der Waals surface area contributed by atoms with E-state index in [1.165, 1.54) is 18.5 Å². The number of nitrogens with zero attached hydrogens (tertiary/aromatic N) is 2. The lowest BCUT2D eigenvalue weighted by Crippen LogP contribution is -2.51. The highest BCUT2D eigenvalue weighted by Gasteiger charge is 2.43. The zero-order chi connectivity index (χ0) is 23.2. The van der Waals surface area contributed by atoms with Crippen LogP contribution in [0.2, 0.25) is 0 Å². The topological polar surface area (TPSA) is 89.9 Å². The van der Waals surface area contributed by atoms with E-state index in [0.29, 0.717) is 38.2 Å². The van der Waals surface area contributed by atoms with E-state index in [1.807, 2.05) is 36.0 Å². The molecule has 2 rings (SSSR count). The highest BCUT2D eigenvalue weighted by Crippen LogP contribution is 2.26. The second-order valence-electron chi connectivity index (χ2n) is 8.21. The van der Waals surface area contributed by atoms with Crippen molar-refractivity contribution >= 4 is 21.3 Å². The molecule has 0 aliphatic carbocycles. The maximum atomic E-state index is 14.4. The Balaban J connectivity index is 2.04. The summed E-state index contributed by atoms with van der Waals surface area (Å²) in [4.78, 5) is 15.9. The van der Waals surface area contributed by atoms with Crippen LogP contribution < -0.4 is 5.48 Å². The zero-order valence-electron chi connectivity index (χ0n) is 18.4. The molecule has 1 aliphatic rings. The minimum atomic E-state index is -3.72. The molecule has 1 aromatic rings. The average molecular weight is 452 g/mol. The first-order chi connectivity index (χ1) is 14.5. The molecule has 0 aromatic heterocycles. The standard InChI is InChI=1S/C22H30FN3O4S/c1-22(21(27)24-28,31(4,29)30)11-15-26-13-9-17(10-14-26)19-8-7-18(20(23)16-19)6-5-12-25(2)3/h7-9,16,28H,10-15H2,1-4H3,(H,24,27). The molecule has 31 heavy (non-hydrogen) atoms. The van der Waals surface area contributed by atoms with Crippen LogP contribution in [0.5, 0.6) is 0 Å². The summed E-state index contributed by atoms with van der Waals surface area (Å²) >= 11 is 0. The van der Waals surface area contributed by atoms with E-state index in [-0.39, 0.29) is 12.2 Å². The van der Waals surface area contributed by atoms with Crippen LogP contribution in [-0.2, 0) is 14.6 Å². The van der Waals surface area contributed by atoms with Crippen LogP contribution in [0.3, 0.4) is 0 Å². The van der Waals surface area contributed by atoms with Gasteiger partial charge in [0.2, 0.25) is 0 Å². The Kier molecular flexibility index (Phi) is 8.37. The third kappa shape index (κ3) is 6.37. The molecule has 1 aromatic carbocycles. The van der Waals surface area contributed by atoms with Gasteiger partial charge in [-0.05, 0) is 57.1 Å². The summed E-state index contributed by atoms with van der Waals surface area (Å²) in [5.74, 6) is 4.47. The number of hydrogen-bond donors (Lipinski definition) is 2. The summed E-state index contributed by atoms with van der Waals surface area (Å²) in [6, 6.07) is 5.04. The van der Waals surface area contributed by atoms with Gasteiger partial charge in [-0.15, -0.1) is 0 Å². The number of benzene rings is 1. The van der Waals surface area contributed by atoms with E-state index < -0.39 is 20.5 Å². The highest BCUT2D eigenvalue weighted by atomic mass is 32.2. The Hall–Kier alpha value is -2.25. The van der Waals surface area contributed by atoms with Crippen LogP contribution >= 0.6 is 0 Å². The molecule has 0 radical (unpaired) electrons. The Morgan fingerprint density at radius 3 is 2.61 bits per heavy atom. The summed E-state index contributed by atoms with van der Waals surface area (Å²) in [7, 11) is 0.0773. The first-order valence-corrected chi connectivity index (χ1v) is 11.9. The van der Waals surface area contributed by atoms with Crippen molar-refractivity contribution in [3.05, 3.63) is 41.2 Å². The SMILES string of the molecule is CN(C)CC#Cc1ccc(C2=CCN(CCC(C)(C(=O)NO)S(C)(=O)=O)CC2)cc1F. The lowest BCUT2D eigenvalue weighted by atomic mass is 9.97. The zero-order valence-corrected chi connectivity index (χ0v) is 19.2. The van der Waals surface area contributed by atoms with Crippen LogP contribution in [0.4, 0.5) is 4.39 Å². The van der Waals surface area contributed by atoms with Gasteiger partial charge in [-0.1, -0.05) is 24.0 Å². The molecule has 0 bridgehead atoms. The number of carbonyl (C=O) groups excluding carboxylic acids is 1. The molecule has 170 valence electrons. The van der Waals surface area contributed by atoms with Crippen molar-refractivity contribution < 1.29 is 22.8 Å². The van der Waals surface area contributed by atoms with E-state index in [9.17, 15) is 17.6 Å². The first-order valence-electron chi connectivity index (χ1n) is 9.97. The maximum Gasteiger partial charge on any atom is 0.264 e. The second-order valence-corrected chi connectivity index (χ2v) is 10.7. The number of hydrogen-bond acceptors (Lipinski definition) is 6. The van der Waals surface area contributed by atoms with Crippen molar-refractivity contribution in [2.24, 2.45) is 0 Å².